The fourth-order valence-electron chi connectivity index (χ4n) is 4.13. The van der Waals surface area contributed by atoms with Gasteiger partial charge in [0.15, 0.2) is 11.5 Å². The molecular formula is C23H29N5O4. The number of pyridine rings is 1. The predicted octanol–water partition coefficient (Wildman–Crippen LogP) is 1.69. The zero-order valence-corrected chi connectivity index (χ0v) is 18.6. The Morgan fingerprint density at radius 1 is 1.00 bits per heavy atom. The van der Waals surface area contributed by atoms with Crippen LogP contribution in [0.2, 0.25) is 0 Å². The molecule has 9 heteroatoms. The topological polar surface area (TPSA) is 78.5 Å². The minimum absolute atomic E-state index is 0.00598. The number of methoxy groups -OCH3 is 2. The Hall–Kier alpha value is -3.33. The number of amides is 3. The molecule has 32 heavy (non-hydrogen) atoms. The number of aromatic nitrogens is 1. The highest BCUT2D eigenvalue weighted by Crippen LogP contribution is 2.32. The van der Waals surface area contributed by atoms with E-state index in [2.05, 4.69) is 16.0 Å². The van der Waals surface area contributed by atoms with Crippen LogP contribution < -0.4 is 14.4 Å². The maximum absolute atomic E-state index is 12.9. The Morgan fingerprint density at radius 3 is 2.47 bits per heavy atom. The first kappa shape index (κ1) is 21.9. The van der Waals surface area contributed by atoms with Crippen LogP contribution in [0, 0.1) is 0 Å². The Labute approximate surface area is 188 Å². The molecule has 1 aromatic heterocycles. The number of hydrogen-bond donors (Lipinski definition) is 0. The van der Waals surface area contributed by atoms with Gasteiger partial charge >= 0.3 is 6.03 Å². The van der Waals surface area contributed by atoms with Gasteiger partial charge in [0.25, 0.3) is 0 Å². The van der Waals surface area contributed by atoms with Crippen LogP contribution in [0.3, 0.4) is 0 Å². The summed E-state index contributed by atoms with van der Waals surface area (Å²) in [6, 6.07) is 9.22. The van der Waals surface area contributed by atoms with Crippen molar-refractivity contribution in [2.24, 2.45) is 0 Å². The average molecular weight is 440 g/mol. The fourth-order valence-corrected chi connectivity index (χ4v) is 4.13. The van der Waals surface area contributed by atoms with Crippen molar-refractivity contribution >= 4 is 17.6 Å². The van der Waals surface area contributed by atoms with Gasteiger partial charge in [-0.2, -0.15) is 0 Å². The molecular weight excluding hydrogens is 410 g/mol. The molecule has 0 spiro atoms. The second kappa shape index (κ2) is 9.86. The van der Waals surface area contributed by atoms with Crippen molar-refractivity contribution in [3.63, 3.8) is 0 Å². The lowest BCUT2D eigenvalue weighted by Gasteiger charge is -2.35. The van der Waals surface area contributed by atoms with Crippen LogP contribution in [0.15, 0.2) is 42.7 Å². The van der Waals surface area contributed by atoms with Gasteiger partial charge in [-0.15, -0.1) is 0 Å². The van der Waals surface area contributed by atoms with E-state index in [-0.39, 0.29) is 18.5 Å². The van der Waals surface area contributed by atoms with E-state index in [1.165, 1.54) is 5.56 Å². The van der Waals surface area contributed by atoms with Gasteiger partial charge in [-0.25, -0.2) is 4.79 Å². The molecule has 2 saturated heterocycles. The summed E-state index contributed by atoms with van der Waals surface area (Å²) in [5, 5.41) is 0. The highest BCUT2D eigenvalue weighted by atomic mass is 16.5. The molecule has 0 radical (unpaired) electrons. The van der Waals surface area contributed by atoms with Crippen LogP contribution in [0.1, 0.15) is 5.56 Å². The molecule has 3 heterocycles. The standard InChI is InChI=1S/C23H29N5O4/c1-31-20-6-5-19(14-21(20)32-2)28-13-12-27(23(28)30)17-22(29)26-10-8-25(9-11-26)16-18-4-3-7-24-15-18/h3-7,14-15H,8-13,16-17H2,1-2H3. The van der Waals surface area contributed by atoms with Crippen molar-refractivity contribution in [3.05, 3.63) is 48.3 Å². The molecule has 0 N–H and O–H groups in total. The van der Waals surface area contributed by atoms with Crippen molar-refractivity contribution in [2.45, 2.75) is 6.54 Å². The minimum atomic E-state index is -0.166. The predicted molar refractivity (Wildman–Crippen MR) is 120 cm³/mol. The van der Waals surface area contributed by atoms with Gasteiger partial charge in [0, 0.05) is 70.0 Å². The molecule has 0 aliphatic carbocycles. The molecule has 2 aromatic rings. The van der Waals surface area contributed by atoms with E-state index in [0.717, 1.165) is 25.3 Å². The molecule has 0 bridgehead atoms. The van der Waals surface area contributed by atoms with E-state index in [0.29, 0.717) is 37.7 Å². The molecule has 9 nitrogen and oxygen atoms in total. The Balaban J connectivity index is 1.29. The smallest absolute Gasteiger partial charge is 0.325 e. The second-order valence-electron chi connectivity index (χ2n) is 7.91. The van der Waals surface area contributed by atoms with Crippen LogP contribution in [0.4, 0.5) is 10.5 Å². The lowest BCUT2D eigenvalue weighted by Crippen LogP contribution is -2.51. The average Bonchev–Trinajstić information content (AvgIpc) is 3.19. The molecule has 0 saturated carbocycles. The SMILES string of the molecule is COc1ccc(N2CCN(CC(=O)N3CCN(Cc4cccnc4)CC3)C2=O)cc1OC. The summed E-state index contributed by atoms with van der Waals surface area (Å²) in [6.07, 6.45) is 3.65. The molecule has 3 amide bonds. The maximum Gasteiger partial charge on any atom is 0.325 e. The van der Waals surface area contributed by atoms with E-state index in [1.54, 1.807) is 42.3 Å². The number of urea groups is 1. The number of nitrogens with zero attached hydrogens (tertiary/aromatic N) is 5. The van der Waals surface area contributed by atoms with Gasteiger partial charge in [0.05, 0.1) is 14.2 Å². The Bertz CT molecular complexity index is 947. The molecule has 170 valence electrons. The number of hydrogen-bond acceptors (Lipinski definition) is 6. The van der Waals surface area contributed by atoms with Gasteiger partial charge < -0.3 is 19.3 Å². The quantitative estimate of drug-likeness (QED) is 0.653. The van der Waals surface area contributed by atoms with Crippen LogP contribution in [0.5, 0.6) is 11.5 Å². The van der Waals surface area contributed by atoms with Crippen molar-refractivity contribution in [1.82, 2.24) is 19.7 Å². The third-order valence-corrected chi connectivity index (χ3v) is 5.95. The van der Waals surface area contributed by atoms with Gasteiger partial charge in [0.1, 0.15) is 6.54 Å². The lowest BCUT2D eigenvalue weighted by molar-refractivity contribution is -0.133. The summed E-state index contributed by atoms with van der Waals surface area (Å²) in [5.41, 5.74) is 1.90. The van der Waals surface area contributed by atoms with Crippen LogP contribution >= 0.6 is 0 Å². The summed E-state index contributed by atoms with van der Waals surface area (Å²) < 4.78 is 10.6. The van der Waals surface area contributed by atoms with Crippen molar-refractivity contribution in [1.29, 1.82) is 0 Å². The summed E-state index contributed by atoms with van der Waals surface area (Å²) in [7, 11) is 3.14. The lowest BCUT2D eigenvalue weighted by atomic mass is 10.2. The van der Waals surface area contributed by atoms with Gasteiger partial charge in [-0.3, -0.25) is 19.6 Å². The molecule has 2 aliphatic rings. The molecule has 4 rings (SSSR count). The highest BCUT2D eigenvalue weighted by molar-refractivity contribution is 5.96. The third-order valence-electron chi connectivity index (χ3n) is 5.95. The third kappa shape index (κ3) is 4.77. The first-order valence-electron chi connectivity index (χ1n) is 10.8. The number of carbonyl (C=O) groups is 2. The summed E-state index contributed by atoms with van der Waals surface area (Å²) in [6.45, 7) is 4.94. The van der Waals surface area contributed by atoms with Gasteiger partial charge in [-0.05, 0) is 23.8 Å². The number of carbonyl (C=O) groups excluding carboxylic acids is 2. The number of ether oxygens (including phenoxy) is 2. The normalized spacial score (nSPS) is 17.1. The minimum Gasteiger partial charge on any atom is -0.493 e. The van der Waals surface area contributed by atoms with Crippen molar-refractivity contribution in [2.75, 3.05) is 64.9 Å². The zero-order valence-electron chi connectivity index (χ0n) is 18.6. The van der Waals surface area contributed by atoms with E-state index < -0.39 is 0 Å². The second-order valence-corrected chi connectivity index (χ2v) is 7.91. The van der Waals surface area contributed by atoms with E-state index in [9.17, 15) is 9.59 Å². The highest BCUT2D eigenvalue weighted by Gasteiger charge is 2.33. The summed E-state index contributed by atoms with van der Waals surface area (Å²) >= 11 is 0. The summed E-state index contributed by atoms with van der Waals surface area (Å²) in [5.74, 6) is 1.17. The van der Waals surface area contributed by atoms with E-state index >= 15 is 0 Å². The first-order valence-corrected chi connectivity index (χ1v) is 10.8. The van der Waals surface area contributed by atoms with Gasteiger partial charge in [-0.1, -0.05) is 6.07 Å². The zero-order chi connectivity index (χ0) is 22.5. The Morgan fingerprint density at radius 2 is 1.78 bits per heavy atom. The van der Waals surface area contributed by atoms with Crippen LogP contribution in [-0.2, 0) is 11.3 Å². The van der Waals surface area contributed by atoms with Crippen LogP contribution in [0.25, 0.3) is 0 Å². The monoisotopic (exact) mass is 439 g/mol. The number of anilines is 1. The molecule has 2 fully saturated rings. The van der Waals surface area contributed by atoms with E-state index in [1.807, 2.05) is 23.2 Å². The molecule has 0 atom stereocenters. The largest absolute Gasteiger partial charge is 0.493 e. The number of benzene rings is 1. The molecule has 2 aliphatic heterocycles. The number of piperazine rings is 1. The fraction of sp³-hybridized carbons (Fsp3) is 0.435. The Kier molecular flexibility index (Phi) is 6.75. The van der Waals surface area contributed by atoms with Gasteiger partial charge in [0.2, 0.25) is 5.91 Å². The maximum atomic E-state index is 12.9. The summed E-state index contributed by atoms with van der Waals surface area (Å²) in [4.78, 5) is 37.4. The molecule has 1 aromatic carbocycles. The number of rotatable bonds is 7. The van der Waals surface area contributed by atoms with Crippen molar-refractivity contribution in [3.8, 4) is 11.5 Å². The first-order chi connectivity index (χ1) is 15.6. The van der Waals surface area contributed by atoms with Crippen molar-refractivity contribution < 1.29 is 19.1 Å². The van der Waals surface area contributed by atoms with Crippen LogP contribution in [-0.4, -0.2) is 91.7 Å². The molecule has 0 unspecified atom stereocenters. The van der Waals surface area contributed by atoms with E-state index in [4.69, 9.17) is 9.47 Å².